The number of aromatic nitrogens is 4. The highest BCUT2D eigenvalue weighted by Crippen LogP contribution is 2.16. The third kappa shape index (κ3) is 2.97. The van der Waals surface area contributed by atoms with Crippen molar-refractivity contribution in [3.8, 4) is 0 Å². The van der Waals surface area contributed by atoms with Crippen molar-refractivity contribution in [2.45, 2.75) is 6.42 Å². The Kier molecular flexibility index (Phi) is 4.01. The van der Waals surface area contributed by atoms with Crippen molar-refractivity contribution in [3.63, 3.8) is 0 Å². The lowest BCUT2D eigenvalue weighted by atomic mass is 10.1. The number of nitrogen functional groups attached to an aromatic ring is 1. The molecule has 0 amide bonds. The molecular weight excluding hydrogens is 316 g/mol. The van der Waals surface area contributed by atoms with Crippen LogP contribution in [-0.4, -0.2) is 37.1 Å². The highest BCUT2D eigenvalue weighted by Gasteiger charge is 2.15. The Morgan fingerprint density at radius 2 is 2.00 bits per heavy atom. The van der Waals surface area contributed by atoms with E-state index >= 15 is 0 Å². The third-order valence-corrected chi connectivity index (χ3v) is 3.33. The molecular formula is C14H12N6O4. The Morgan fingerprint density at radius 1 is 1.25 bits per heavy atom. The van der Waals surface area contributed by atoms with Gasteiger partial charge in [0.1, 0.15) is 18.2 Å². The number of nitro groups is 1. The summed E-state index contributed by atoms with van der Waals surface area (Å²) in [6, 6.07) is 6.03. The second-order valence-electron chi connectivity index (χ2n) is 4.83. The van der Waals surface area contributed by atoms with Crippen LogP contribution in [0.3, 0.4) is 0 Å². The molecule has 3 rings (SSSR count). The molecule has 10 heteroatoms. The van der Waals surface area contributed by atoms with Gasteiger partial charge in [-0.05, 0) is 5.56 Å². The minimum atomic E-state index is -0.652. The largest absolute Gasteiger partial charge is 0.449 e. The van der Waals surface area contributed by atoms with Crippen molar-refractivity contribution in [2.24, 2.45) is 0 Å². The van der Waals surface area contributed by atoms with E-state index < -0.39 is 11.0 Å². The van der Waals surface area contributed by atoms with Gasteiger partial charge in [0, 0.05) is 18.6 Å². The molecule has 0 aliphatic rings. The number of nitrogens with zero attached hydrogens (tertiary/aromatic N) is 5. The minimum Gasteiger partial charge on any atom is -0.449 e. The first-order valence-corrected chi connectivity index (χ1v) is 6.90. The van der Waals surface area contributed by atoms with Crippen molar-refractivity contribution >= 4 is 28.8 Å². The van der Waals surface area contributed by atoms with E-state index in [4.69, 9.17) is 10.5 Å². The van der Waals surface area contributed by atoms with E-state index in [0.29, 0.717) is 12.1 Å². The van der Waals surface area contributed by atoms with Crippen LogP contribution < -0.4 is 5.73 Å². The van der Waals surface area contributed by atoms with Crippen LogP contribution in [0.4, 0.5) is 16.3 Å². The molecule has 0 unspecified atom stereocenters. The Labute approximate surface area is 135 Å². The molecule has 1 aromatic carbocycles. The number of carbonyl (C=O) groups is 1. The fourth-order valence-corrected chi connectivity index (χ4v) is 2.13. The van der Waals surface area contributed by atoms with Crippen molar-refractivity contribution < 1.29 is 14.5 Å². The molecule has 2 heterocycles. The van der Waals surface area contributed by atoms with Gasteiger partial charge in [-0.1, -0.05) is 12.1 Å². The lowest BCUT2D eigenvalue weighted by Gasteiger charge is -2.06. The molecule has 0 aliphatic carbocycles. The van der Waals surface area contributed by atoms with Crippen LogP contribution in [0.15, 0.2) is 36.9 Å². The molecule has 122 valence electrons. The summed E-state index contributed by atoms with van der Waals surface area (Å²) >= 11 is 0. The van der Waals surface area contributed by atoms with Gasteiger partial charge < -0.3 is 10.5 Å². The van der Waals surface area contributed by atoms with Gasteiger partial charge in [0.2, 0.25) is 0 Å². The van der Waals surface area contributed by atoms with Crippen molar-refractivity contribution in [2.75, 3.05) is 12.3 Å². The van der Waals surface area contributed by atoms with Gasteiger partial charge >= 0.3 is 6.09 Å². The normalized spacial score (nSPS) is 10.7. The summed E-state index contributed by atoms with van der Waals surface area (Å²) in [5.74, 6) is 0.129. The minimum absolute atomic E-state index is 0.0103. The number of carbonyl (C=O) groups excluding carboxylic acids is 1. The molecule has 0 saturated carbocycles. The van der Waals surface area contributed by atoms with Crippen molar-refractivity contribution in [3.05, 3.63) is 52.6 Å². The summed E-state index contributed by atoms with van der Waals surface area (Å²) in [6.45, 7) is 0.101. The maximum absolute atomic E-state index is 12.1. The van der Waals surface area contributed by atoms with Gasteiger partial charge in [0.25, 0.3) is 5.69 Å². The average Bonchev–Trinajstić information content (AvgIpc) is 3.01. The zero-order valence-electron chi connectivity index (χ0n) is 12.3. The molecule has 2 N–H and O–H groups in total. The lowest BCUT2D eigenvalue weighted by Crippen LogP contribution is -2.15. The number of benzene rings is 1. The summed E-state index contributed by atoms with van der Waals surface area (Å²) in [6.07, 6.45) is 2.29. The summed E-state index contributed by atoms with van der Waals surface area (Å²) < 4.78 is 6.31. The fraction of sp³-hybridized carbons (Fsp3) is 0.143. The van der Waals surface area contributed by atoms with E-state index in [2.05, 4.69) is 15.0 Å². The number of nitrogens with two attached hydrogens (primary N) is 1. The molecule has 0 aliphatic heterocycles. The standard InChI is InChI=1S/C14H12N6O4/c15-12-11-13(17-7-16-12)18-8-19(11)14(21)24-6-5-9-1-3-10(4-2-9)20(22)23/h1-4,7-8H,5-6H2,(H2,15,16,17). The van der Waals surface area contributed by atoms with Gasteiger partial charge in [-0.2, -0.15) is 0 Å². The maximum Gasteiger partial charge on any atom is 0.419 e. The quantitative estimate of drug-likeness (QED) is 0.562. The van der Waals surface area contributed by atoms with Gasteiger partial charge in [0.15, 0.2) is 11.5 Å². The van der Waals surface area contributed by atoms with E-state index in [-0.39, 0.29) is 23.6 Å². The van der Waals surface area contributed by atoms with Crippen LogP contribution in [0.5, 0.6) is 0 Å². The number of ether oxygens (including phenoxy) is 1. The van der Waals surface area contributed by atoms with Gasteiger partial charge in [-0.15, -0.1) is 0 Å². The first kappa shape index (κ1) is 15.3. The summed E-state index contributed by atoms with van der Waals surface area (Å²) in [5, 5.41) is 10.6. The van der Waals surface area contributed by atoms with E-state index in [1.807, 2.05) is 0 Å². The van der Waals surface area contributed by atoms with Crippen molar-refractivity contribution in [1.82, 2.24) is 19.5 Å². The Bertz CT molecular complexity index is 905. The number of imidazole rings is 1. The van der Waals surface area contributed by atoms with Crippen LogP contribution >= 0.6 is 0 Å². The Balaban J connectivity index is 1.64. The Morgan fingerprint density at radius 3 is 2.71 bits per heavy atom. The number of hydrogen-bond acceptors (Lipinski definition) is 8. The zero-order chi connectivity index (χ0) is 17.1. The van der Waals surface area contributed by atoms with E-state index in [1.54, 1.807) is 12.1 Å². The number of non-ortho nitro benzene ring substituents is 1. The number of nitro benzene ring substituents is 1. The average molecular weight is 328 g/mol. The highest BCUT2D eigenvalue weighted by atomic mass is 16.6. The number of fused-ring (bicyclic) bond motifs is 1. The van der Waals surface area contributed by atoms with Crippen LogP contribution in [0, 0.1) is 10.1 Å². The molecule has 2 aromatic heterocycles. The number of anilines is 1. The summed E-state index contributed by atoms with van der Waals surface area (Å²) in [5.41, 5.74) is 7.14. The third-order valence-electron chi connectivity index (χ3n) is 3.33. The smallest absolute Gasteiger partial charge is 0.419 e. The zero-order valence-corrected chi connectivity index (χ0v) is 12.3. The molecule has 0 bridgehead atoms. The van der Waals surface area contributed by atoms with Gasteiger partial charge in [-0.3, -0.25) is 10.1 Å². The molecule has 0 radical (unpaired) electrons. The SMILES string of the molecule is Nc1ncnc2ncn(C(=O)OCCc3ccc([N+](=O)[O-])cc3)c12. The summed E-state index contributed by atoms with van der Waals surface area (Å²) in [7, 11) is 0. The van der Waals surface area contributed by atoms with Crippen LogP contribution in [0.2, 0.25) is 0 Å². The maximum atomic E-state index is 12.1. The Hall–Kier alpha value is -3.56. The second kappa shape index (κ2) is 6.28. The second-order valence-corrected chi connectivity index (χ2v) is 4.83. The van der Waals surface area contributed by atoms with Gasteiger partial charge in [-0.25, -0.2) is 24.3 Å². The predicted molar refractivity (Wildman–Crippen MR) is 83.3 cm³/mol. The fourth-order valence-electron chi connectivity index (χ4n) is 2.13. The number of rotatable bonds is 4. The van der Waals surface area contributed by atoms with Gasteiger partial charge in [0.05, 0.1) is 11.5 Å². The summed E-state index contributed by atoms with van der Waals surface area (Å²) in [4.78, 5) is 33.9. The van der Waals surface area contributed by atoms with Crippen LogP contribution in [0.25, 0.3) is 11.2 Å². The molecule has 0 saturated heterocycles. The lowest BCUT2D eigenvalue weighted by molar-refractivity contribution is -0.384. The molecule has 3 aromatic rings. The molecule has 0 atom stereocenters. The molecule has 0 spiro atoms. The van der Waals surface area contributed by atoms with Crippen molar-refractivity contribution in [1.29, 1.82) is 0 Å². The van der Waals surface area contributed by atoms with E-state index in [9.17, 15) is 14.9 Å². The first-order valence-electron chi connectivity index (χ1n) is 6.90. The number of hydrogen-bond donors (Lipinski definition) is 1. The van der Waals surface area contributed by atoms with Crippen LogP contribution in [-0.2, 0) is 11.2 Å². The highest BCUT2D eigenvalue weighted by molar-refractivity contribution is 5.90. The topological polar surface area (TPSA) is 139 Å². The molecule has 0 fully saturated rings. The van der Waals surface area contributed by atoms with E-state index in [0.717, 1.165) is 10.1 Å². The van der Waals surface area contributed by atoms with E-state index in [1.165, 1.54) is 24.8 Å². The monoisotopic (exact) mass is 328 g/mol. The molecule has 10 nitrogen and oxygen atoms in total. The molecule has 24 heavy (non-hydrogen) atoms. The predicted octanol–water partition coefficient (Wildman–Crippen LogP) is 1.54. The first-order chi connectivity index (χ1) is 11.6. The van der Waals surface area contributed by atoms with Crippen LogP contribution in [0.1, 0.15) is 5.56 Å².